The average Bonchev–Trinajstić information content (AvgIpc) is 3.16. The van der Waals surface area contributed by atoms with E-state index in [1.54, 1.807) is 6.07 Å². The highest BCUT2D eigenvalue weighted by Gasteiger charge is 2.15. The number of ether oxygens (including phenoxy) is 2. The maximum atomic E-state index is 12.6. The van der Waals surface area contributed by atoms with E-state index in [2.05, 4.69) is 28.1 Å². The summed E-state index contributed by atoms with van der Waals surface area (Å²) < 4.78 is 13.3. The first-order valence-electron chi connectivity index (χ1n) is 10.1. The number of aromatic nitrogens is 2. The first-order valence-corrected chi connectivity index (χ1v) is 11.1. The van der Waals surface area contributed by atoms with Crippen LogP contribution in [0.5, 0.6) is 11.5 Å². The van der Waals surface area contributed by atoms with Gasteiger partial charge in [-0.15, -0.1) is 0 Å². The number of benzene rings is 3. The van der Waals surface area contributed by atoms with Crippen molar-refractivity contribution in [1.82, 2.24) is 9.55 Å². The van der Waals surface area contributed by atoms with Gasteiger partial charge in [-0.2, -0.15) is 0 Å². The Hall–Kier alpha value is -3.45. The standard InChI is InChI=1S/C24H21N3O3S/c28-23(25-18-10-11-21-22(14-18)30-13-12-29-21)16-31-24-26-19-8-4-5-9-20(19)27(24)15-17-6-2-1-3-7-17/h1-11,14H,12-13,15-16H2,(H,25,28). The molecular formula is C24H21N3O3S. The van der Waals surface area contributed by atoms with Gasteiger partial charge in [0.2, 0.25) is 5.91 Å². The van der Waals surface area contributed by atoms with E-state index in [9.17, 15) is 4.79 Å². The third-order valence-electron chi connectivity index (χ3n) is 4.96. The lowest BCUT2D eigenvalue weighted by Crippen LogP contribution is -2.17. The fourth-order valence-electron chi connectivity index (χ4n) is 3.53. The molecule has 0 saturated heterocycles. The fourth-order valence-corrected chi connectivity index (χ4v) is 4.34. The third kappa shape index (κ3) is 4.36. The van der Waals surface area contributed by atoms with Crippen molar-refractivity contribution in [2.75, 3.05) is 24.3 Å². The molecule has 1 aliphatic heterocycles. The highest BCUT2D eigenvalue weighted by Crippen LogP contribution is 2.33. The number of carbonyl (C=O) groups excluding carboxylic acids is 1. The van der Waals surface area contributed by atoms with Gasteiger partial charge < -0.3 is 19.4 Å². The summed E-state index contributed by atoms with van der Waals surface area (Å²) >= 11 is 1.43. The van der Waals surface area contributed by atoms with E-state index in [4.69, 9.17) is 14.5 Å². The molecule has 0 fully saturated rings. The van der Waals surface area contributed by atoms with Crippen molar-refractivity contribution in [1.29, 1.82) is 0 Å². The minimum atomic E-state index is -0.0972. The molecule has 156 valence electrons. The van der Waals surface area contributed by atoms with Crippen LogP contribution in [-0.4, -0.2) is 34.4 Å². The lowest BCUT2D eigenvalue weighted by molar-refractivity contribution is -0.113. The molecule has 0 radical (unpaired) electrons. The van der Waals surface area contributed by atoms with Crippen LogP contribution < -0.4 is 14.8 Å². The van der Waals surface area contributed by atoms with Crippen LogP contribution >= 0.6 is 11.8 Å². The Bertz CT molecular complexity index is 1220. The Morgan fingerprint density at radius 2 is 1.74 bits per heavy atom. The number of carbonyl (C=O) groups is 1. The van der Waals surface area contributed by atoms with E-state index >= 15 is 0 Å². The number of hydrogen-bond donors (Lipinski definition) is 1. The number of nitrogens with one attached hydrogen (secondary N) is 1. The Morgan fingerprint density at radius 3 is 2.61 bits per heavy atom. The largest absolute Gasteiger partial charge is 0.486 e. The molecule has 0 bridgehead atoms. The van der Waals surface area contributed by atoms with Gasteiger partial charge in [-0.3, -0.25) is 4.79 Å². The molecule has 5 rings (SSSR count). The lowest BCUT2D eigenvalue weighted by Gasteiger charge is -2.19. The van der Waals surface area contributed by atoms with E-state index in [1.807, 2.05) is 48.5 Å². The zero-order chi connectivity index (χ0) is 21.0. The maximum absolute atomic E-state index is 12.6. The quantitative estimate of drug-likeness (QED) is 0.453. The number of fused-ring (bicyclic) bond motifs is 2. The van der Waals surface area contributed by atoms with Crippen LogP contribution in [0.4, 0.5) is 5.69 Å². The van der Waals surface area contributed by atoms with Gasteiger partial charge >= 0.3 is 0 Å². The zero-order valence-corrected chi connectivity index (χ0v) is 17.6. The van der Waals surface area contributed by atoms with Gasteiger partial charge in [0.15, 0.2) is 16.7 Å². The molecule has 1 aliphatic rings. The minimum Gasteiger partial charge on any atom is -0.486 e. The van der Waals surface area contributed by atoms with Crippen LogP contribution in [0, 0.1) is 0 Å². The first kappa shape index (κ1) is 19.5. The predicted octanol–water partition coefficient (Wildman–Crippen LogP) is 4.59. The lowest BCUT2D eigenvalue weighted by atomic mass is 10.2. The summed E-state index contributed by atoms with van der Waals surface area (Å²) in [6.45, 7) is 1.75. The van der Waals surface area contributed by atoms with Crippen LogP contribution in [0.3, 0.4) is 0 Å². The van der Waals surface area contributed by atoms with Crippen LogP contribution in [0.2, 0.25) is 0 Å². The molecule has 3 aromatic carbocycles. The van der Waals surface area contributed by atoms with E-state index < -0.39 is 0 Å². The Labute approximate surface area is 184 Å². The van der Waals surface area contributed by atoms with E-state index in [0.29, 0.717) is 36.9 Å². The van der Waals surface area contributed by atoms with Crippen LogP contribution in [-0.2, 0) is 11.3 Å². The zero-order valence-electron chi connectivity index (χ0n) is 16.8. The summed E-state index contributed by atoms with van der Waals surface area (Å²) in [7, 11) is 0. The van der Waals surface area contributed by atoms with E-state index in [-0.39, 0.29) is 11.7 Å². The molecule has 2 heterocycles. The highest BCUT2D eigenvalue weighted by molar-refractivity contribution is 7.99. The molecule has 0 spiro atoms. The van der Waals surface area contributed by atoms with Crippen LogP contribution in [0.1, 0.15) is 5.56 Å². The van der Waals surface area contributed by atoms with Crippen molar-refractivity contribution >= 4 is 34.4 Å². The second-order valence-corrected chi connectivity index (χ2v) is 8.09. The number of para-hydroxylation sites is 2. The Balaban J connectivity index is 1.31. The van der Waals surface area contributed by atoms with Gasteiger partial charge in [-0.1, -0.05) is 54.2 Å². The van der Waals surface area contributed by atoms with Gasteiger partial charge in [0.05, 0.1) is 23.3 Å². The molecule has 4 aromatic rings. The van der Waals surface area contributed by atoms with Gasteiger partial charge in [-0.25, -0.2) is 4.98 Å². The molecule has 6 nitrogen and oxygen atoms in total. The fraction of sp³-hybridized carbons (Fsp3) is 0.167. The van der Waals surface area contributed by atoms with Gasteiger partial charge in [0.25, 0.3) is 0 Å². The SMILES string of the molecule is O=C(CSc1nc2ccccc2n1Cc1ccccc1)Nc1ccc2c(c1)OCCO2. The number of amides is 1. The molecule has 7 heteroatoms. The summed E-state index contributed by atoms with van der Waals surface area (Å²) in [6.07, 6.45) is 0. The number of hydrogen-bond acceptors (Lipinski definition) is 5. The summed E-state index contributed by atoms with van der Waals surface area (Å²) in [5.74, 6) is 1.52. The number of nitrogens with zero attached hydrogens (tertiary/aromatic N) is 2. The topological polar surface area (TPSA) is 65.4 Å². The van der Waals surface area contributed by atoms with Crippen molar-refractivity contribution in [3.05, 3.63) is 78.4 Å². The first-order chi connectivity index (χ1) is 15.3. The van der Waals surface area contributed by atoms with Crippen LogP contribution in [0.25, 0.3) is 11.0 Å². The van der Waals surface area contributed by atoms with Gasteiger partial charge in [-0.05, 0) is 29.8 Å². The minimum absolute atomic E-state index is 0.0972. The van der Waals surface area contributed by atoms with E-state index in [1.165, 1.54) is 17.3 Å². The molecule has 31 heavy (non-hydrogen) atoms. The highest BCUT2D eigenvalue weighted by atomic mass is 32.2. The Morgan fingerprint density at radius 1 is 0.968 bits per heavy atom. The van der Waals surface area contributed by atoms with Crippen molar-refractivity contribution < 1.29 is 14.3 Å². The molecule has 0 aliphatic carbocycles. The molecule has 0 saturated carbocycles. The average molecular weight is 432 g/mol. The van der Waals surface area contributed by atoms with E-state index in [0.717, 1.165) is 16.2 Å². The normalized spacial score (nSPS) is 12.6. The summed E-state index contributed by atoms with van der Waals surface area (Å²) in [6, 6.07) is 23.7. The summed E-state index contributed by atoms with van der Waals surface area (Å²) in [5.41, 5.74) is 3.86. The molecule has 0 unspecified atom stereocenters. The molecule has 1 aromatic heterocycles. The maximum Gasteiger partial charge on any atom is 0.234 e. The van der Waals surface area contributed by atoms with Crippen LogP contribution in [0.15, 0.2) is 78.0 Å². The number of thioether (sulfide) groups is 1. The monoisotopic (exact) mass is 431 g/mol. The number of imidazole rings is 1. The molecule has 1 N–H and O–H groups in total. The number of anilines is 1. The van der Waals surface area contributed by atoms with Gasteiger partial charge in [0, 0.05) is 11.8 Å². The van der Waals surface area contributed by atoms with Gasteiger partial charge in [0.1, 0.15) is 13.2 Å². The summed E-state index contributed by atoms with van der Waals surface area (Å²) in [4.78, 5) is 17.4. The molecule has 1 amide bonds. The second kappa shape index (κ2) is 8.73. The number of rotatable bonds is 6. The smallest absolute Gasteiger partial charge is 0.234 e. The third-order valence-corrected chi connectivity index (χ3v) is 5.94. The van der Waals surface area contributed by atoms with Crippen molar-refractivity contribution in [2.45, 2.75) is 11.7 Å². The van der Waals surface area contributed by atoms with Crippen molar-refractivity contribution in [3.63, 3.8) is 0 Å². The molecule has 0 atom stereocenters. The summed E-state index contributed by atoms with van der Waals surface area (Å²) in [5, 5.41) is 3.75. The second-order valence-electron chi connectivity index (χ2n) is 7.15. The molecular weight excluding hydrogens is 410 g/mol. The predicted molar refractivity (Wildman–Crippen MR) is 122 cm³/mol. The van der Waals surface area contributed by atoms with Crippen molar-refractivity contribution in [3.8, 4) is 11.5 Å². The Kier molecular flexibility index (Phi) is 5.50. The van der Waals surface area contributed by atoms with Crippen molar-refractivity contribution in [2.24, 2.45) is 0 Å².